The van der Waals surface area contributed by atoms with Crippen molar-refractivity contribution in [1.29, 1.82) is 0 Å². The molecule has 88 valence electrons. The SMILES string of the molecule is CCN1CCC(Cc2ccnc(OC)c2)C1. The van der Waals surface area contributed by atoms with Crippen molar-refractivity contribution in [3.8, 4) is 5.88 Å². The van der Waals surface area contributed by atoms with E-state index >= 15 is 0 Å². The lowest BCUT2D eigenvalue weighted by Gasteiger charge is -2.13. The molecule has 0 amide bonds. The van der Waals surface area contributed by atoms with Crippen LogP contribution >= 0.6 is 0 Å². The smallest absolute Gasteiger partial charge is 0.213 e. The molecule has 16 heavy (non-hydrogen) atoms. The quantitative estimate of drug-likeness (QED) is 0.775. The first-order valence-corrected chi connectivity index (χ1v) is 6.03. The standard InChI is InChI=1S/C13H20N2O/c1-3-15-7-5-12(10-15)8-11-4-6-14-13(9-11)16-2/h4,6,9,12H,3,5,7-8,10H2,1-2H3. The van der Waals surface area contributed by atoms with E-state index in [2.05, 4.69) is 28.9 Å². The topological polar surface area (TPSA) is 25.4 Å². The van der Waals surface area contributed by atoms with Crippen LogP contribution in [-0.4, -0.2) is 36.6 Å². The molecule has 1 aliphatic rings. The first-order chi connectivity index (χ1) is 7.81. The van der Waals surface area contributed by atoms with Crippen molar-refractivity contribution in [2.24, 2.45) is 5.92 Å². The monoisotopic (exact) mass is 220 g/mol. The van der Waals surface area contributed by atoms with Crippen molar-refractivity contribution in [3.63, 3.8) is 0 Å². The highest BCUT2D eigenvalue weighted by atomic mass is 16.5. The number of rotatable bonds is 4. The van der Waals surface area contributed by atoms with E-state index in [0.717, 1.165) is 18.2 Å². The Morgan fingerprint density at radius 2 is 2.44 bits per heavy atom. The first-order valence-electron chi connectivity index (χ1n) is 6.03. The Bertz CT molecular complexity index is 340. The van der Waals surface area contributed by atoms with E-state index < -0.39 is 0 Å². The lowest BCUT2D eigenvalue weighted by molar-refractivity contribution is 0.341. The van der Waals surface area contributed by atoms with E-state index in [1.54, 1.807) is 7.11 Å². The van der Waals surface area contributed by atoms with E-state index in [1.165, 1.54) is 31.6 Å². The summed E-state index contributed by atoms with van der Waals surface area (Å²) < 4.78 is 5.14. The average Bonchev–Trinajstić information content (AvgIpc) is 2.77. The zero-order valence-electron chi connectivity index (χ0n) is 10.1. The summed E-state index contributed by atoms with van der Waals surface area (Å²) in [6.45, 7) is 5.90. The predicted octanol–water partition coefficient (Wildman–Crippen LogP) is 1.97. The molecule has 1 aliphatic heterocycles. The van der Waals surface area contributed by atoms with Crippen LogP contribution in [0.3, 0.4) is 0 Å². The summed E-state index contributed by atoms with van der Waals surface area (Å²) in [4.78, 5) is 6.65. The maximum Gasteiger partial charge on any atom is 0.213 e. The minimum absolute atomic E-state index is 0.725. The molecule has 1 fully saturated rings. The molecular formula is C13H20N2O. The van der Waals surface area contributed by atoms with E-state index in [1.807, 2.05) is 6.20 Å². The summed E-state index contributed by atoms with van der Waals surface area (Å²) in [6.07, 6.45) is 4.30. The predicted molar refractivity (Wildman–Crippen MR) is 64.7 cm³/mol. The molecule has 0 bridgehead atoms. The summed E-state index contributed by atoms with van der Waals surface area (Å²) in [5, 5.41) is 0. The van der Waals surface area contributed by atoms with Crippen LogP contribution in [0.1, 0.15) is 18.9 Å². The number of likely N-dealkylation sites (tertiary alicyclic amines) is 1. The number of methoxy groups -OCH3 is 1. The largest absolute Gasteiger partial charge is 0.481 e. The van der Waals surface area contributed by atoms with Gasteiger partial charge in [0.25, 0.3) is 0 Å². The Kier molecular flexibility index (Phi) is 3.78. The summed E-state index contributed by atoms with van der Waals surface area (Å²) in [7, 11) is 1.67. The molecule has 0 aromatic carbocycles. The van der Waals surface area contributed by atoms with Gasteiger partial charge >= 0.3 is 0 Å². The van der Waals surface area contributed by atoms with Gasteiger partial charge in [-0.1, -0.05) is 6.92 Å². The third-order valence-electron chi connectivity index (χ3n) is 3.35. The molecule has 1 aromatic rings. The zero-order valence-corrected chi connectivity index (χ0v) is 10.1. The third-order valence-corrected chi connectivity index (χ3v) is 3.35. The zero-order chi connectivity index (χ0) is 11.4. The average molecular weight is 220 g/mol. The van der Waals surface area contributed by atoms with Crippen molar-refractivity contribution in [2.75, 3.05) is 26.7 Å². The fourth-order valence-electron chi connectivity index (χ4n) is 2.39. The van der Waals surface area contributed by atoms with Gasteiger partial charge in [-0.25, -0.2) is 4.98 Å². The van der Waals surface area contributed by atoms with Gasteiger partial charge in [0.05, 0.1) is 7.11 Å². The van der Waals surface area contributed by atoms with Crippen LogP contribution in [-0.2, 0) is 6.42 Å². The third kappa shape index (κ3) is 2.73. The minimum atomic E-state index is 0.725. The number of hydrogen-bond donors (Lipinski definition) is 0. The summed E-state index contributed by atoms with van der Waals surface area (Å²) in [5.41, 5.74) is 1.34. The van der Waals surface area contributed by atoms with Gasteiger partial charge in [0.1, 0.15) is 0 Å². The molecule has 0 N–H and O–H groups in total. The van der Waals surface area contributed by atoms with Crippen LogP contribution in [0.5, 0.6) is 5.88 Å². The van der Waals surface area contributed by atoms with Gasteiger partial charge in [0.15, 0.2) is 0 Å². The van der Waals surface area contributed by atoms with Gasteiger partial charge in [0.2, 0.25) is 5.88 Å². The van der Waals surface area contributed by atoms with Crippen LogP contribution in [0.25, 0.3) is 0 Å². The van der Waals surface area contributed by atoms with Crippen molar-refractivity contribution in [2.45, 2.75) is 19.8 Å². The number of hydrogen-bond acceptors (Lipinski definition) is 3. The van der Waals surface area contributed by atoms with Crippen molar-refractivity contribution in [3.05, 3.63) is 23.9 Å². The van der Waals surface area contributed by atoms with Crippen LogP contribution in [0.2, 0.25) is 0 Å². The summed E-state index contributed by atoms with van der Waals surface area (Å²) in [5.74, 6) is 1.52. The lowest BCUT2D eigenvalue weighted by atomic mass is 9.99. The molecule has 0 aliphatic carbocycles. The number of aromatic nitrogens is 1. The molecule has 1 saturated heterocycles. The van der Waals surface area contributed by atoms with Crippen LogP contribution in [0, 0.1) is 5.92 Å². The summed E-state index contributed by atoms with van der Waals surface area (Å²) in [6, 6.07) is 4.14. The van der Waals surface area contributed by atoms with Gasteiger partial charge in [-0.3, -0.25) is 0 Å². The van der Waals surface area contributed by atoms with E-state index in [-0.39, 0.29) is 0 Å². The van der Waals surface area contributed by atoms with Gasteiger partial charge in [0, 0.05) is 18.8 Å². The minimum Gasteiger partial charge on any atom is -0.481 e. The number of nitrogens with zero attached hydrogens (tertiary/aromatic N) is 2. The molecule has 2 heterocycles. The molecule has 0 radical (unpaired) electrons. The van der Waals surface area contributed by atoms with Crippen LogP contribution in [0.15, 0.2) is 18.3 Å². The normalized spacial score (nSPS) is 21.2. The van der Waals surface area contributed by atoms with Gasteiger partial charge in [-0.15, -0.1) is 0 Å². The van der Waals surface area contributed by atoms with Crippen LogP contribution < -0.4 is 4.74 Å². The molecule has 0 spiro atoms. The van der Waals surface area contributed by atoms with Gasteiger partial charge < -0.3 is 9.64 Å². The highest BCUT2D eigenvalue weighted by Crippen LogP contribution is 2.21. The molecule has 1 unspecified atom stereocenters. The summed E-state index contributed by atoms with van der Waals surface area (Å²) >= 11 is 0. The maximum atomic E-state index is 5.14. The highest BCUT2D eigenvalue weighted by molar-refractivity contribution is 5.21. The Morgan fingerprint density at radius 3 is 3.12 bits per heavy atom. The second-order valence-corrected chi connectivity index (χ2v) is 4.46. The van der Waals surface area contributed by atoms with E-state index in [0.29, 0.717) is 0 Å². The lowest BCUT2D eigenvalue weighted by Crippen LogP contribution is -2.20. The van der Waals surface area contributed by atoms with Gasteiger partial charge in [-0.05, 0) is 43.5 Å². The Balaban J connectivity index is 1.94. The van der Waals surface area contributed by atoms with Crippen molar-refractivity contribution < 1.29 is 4.74 Å². The van der Waals surface area contributed by atoms with Crippen LogP contribution in [0.4, 0.5) is 0 Å². The highest BCUT2D eigenvalue weighted by Gasteiger charge is 2.21. The van der Waals surface area contributed by atoms with E-state index in [9.17, 15) is 0 Å². The fourth-order valence-corrected chi connectivity index (χ4v) is 2.39. The molecular weight excluding hydrogens is 200 g/mol. The first kappa shape index (κ1) is 11.4. The van der Waals surface area contributed by atoms with Crippen molar-refractivity contribution >= 4 is 0 Å². The second-order valence-electron chi connectivity index (χ2n) is 4.46. The van der Waals surface area contributed by atoms with Crippen molar-refractivity contribution in [1.82, 2.24) is 9.88 Å². The van der Waals surface area contributed by atoms with E-state index in [4.69, 9.17) is 4.74 Å². The Morgan fingerprint density at radius 1 is 1.56 bits per heavy atom. The molecule has 0 saturated carbocycles. The Labute approximate surface area is 97.4 Å². The maximum absolute atomic E-state index is 5.14. The molecule has 3 nitrogen and oxygen atoms in total. The molecule has 1 atom stereocenters. The molecule has 3 heteroatoms. The molecule has 1 aromatic heterocycles. The number of pyridine rings is 1. The number of ether oxygens (including phenoxy) is 1. The Hall–Kier alpha value is -1.09. The second kappa shape index (κ2) is 5.30. The molecule has 2 rings (SSSR count). The van der Waals surface area contributed by atoms with Gasteiger partial charge in [-0.2, -0.15) is 0 Å². The fraction of sp³-hybridized carbons (Fsp3) is 0.615.